The third kappa shape index (κ3) is 6.61. The van der Waals surface area contributed by atoms with Crippen molar-refractivity contribution in [1.82, 2.24) is 5.43 Å². The second kappa shape index (κ2) is 11.5. The average Bonchev–Trinajstić information content (AvgIpc) is 3.40. The fourth-order valence-corrected chi connectivity index (χ4v) is 5.33. The average molecular weight is 553 g/mol. The molecule has 1 unspecified atom stereocenters. The number of halogens is 3. The number of aliphatic imine (C=N–C) groups is 1. The molecule has 0 amide bonds. The molecular weight excluding hydrogens is 525 g/mol. The Labute approximate surface area is 229 Å². The van der Waals surface area contributed by atoms with Gasteiger partial charge in [0.1, 0.15) is 18.3 Å². The van der Waals surface area contributed by atoms with Gasteiger partial charge in [-0.2, -0.15) is 10.5 Å². The zero-order valence-corrected chi connectivity index (χ0v) is 22.2. The lowest BCUT2D eigenvalue weighted by Crippen LogP contribution is -2.35. The normalized spacial score (nSPS) is 18.9. The predicted octanol–water partition coefficient (Wildman–Crippen LogP) is 6.59. The van der Waals surface area contributed by atoms with Crippen molar-refractivity contribution >= 4 is 40.9 Å². The maximum atomic E-state index is 12.4. The molecule has 1 N–H and O–H groups in total. The first-order valence-corrected chi connectivity index (χ1v) is 13.4. The van der Waals surface area contributed by atoms with E-state index in [9.17, 15) is 13.2 Å². The van der Waals surface area contributed by atoms with Gasteiger partial charge in [0.05, 0.1) is 11.9 Å². The lowest BCUT2D eigenvalue weighted by atomic mass is 10.1. The molecule has 2 aliphatic rings. The van der Waals surface area contributed by atoms with Crippen molar-refractivity contribution in [3.05, 3.63) is 89.0 Å². The summed E-state index contributed by atoms with van der Waals surface area (Å²) in [7, 11) is 0. The molecule has 1 saturated heterocycles. The standard InChI is InChI=1S/C28H27F3N6OS/c1-19-5-3-6-20(2)25(19)36-15-4-16-39-27(36)34-33-17-21-7-9-22(10-8-21)26-32-18-37(35-26)23-11-13-24(14-12-23)38-28(29,30)31/h3,5-14,17-18,26,35H,4,15-16H2,1-2H3/b33-17+,34-27-. The van der Waals surface area contributed by atoms with Crippen molar-refractivity contribution in [3.8, 4) is 5.75 Å². The first-order valence-electron chi connectivity index (χ1n) is 12.4. The van der Waals surface area contributed by atoms with Gasteiger partial charge in [-0.25, -0.2) is 4.99 Å². The van der Waals surface area contributed by atoms with Gasteiger partial charge in [-0.1, -0.05) is 54.2 Å². The van der Waals surface area contributed by atoms with Crippen LogP contribution in [0.5, 0.6) is 5.75 Å². The molecule has 7 nitrogen and oxygen atoms in total. The van der Waals surface area contributed by atoms with E-state index in [0.29, 0.717) is 5.69 Å². The third-order valence-corrected chi connectivity index (χ3v) is 7.29. The number of para-hydroxylation sites is 1. The van der Waals surface area contributed by atoms with Crippen molar-refractivity contribution in [2.75, 3.05) is 22.2 Å². The molecular formula is C28H27F3N6OS. The molecule has 3 aromatic rings. The topological polar surface area (TPSA) is 64.8 Å². The Bertz CT molecular complexity index is 1370. The van der Waals surface area contributed by atoms with Crippen LogP contribution >= 0.6 is 11.8 Å². The molecule has 3 aromatic carbocycles. The summed E-state index contributed by atoms with van der Waals surface area (Å²) in [6.07, 6.45) is -0.627. The summed E-state index contributed by atoms with van der Waals surface area (Å²) in [5.74, 6) is 0.739. The molecule has 5 rings (SSSR count). The minimum Gasteiger partial charge on any atom is -0.406 e. The lowest BCUT2D eigenvalue weighted by Gasteiger charge is -2.31. The van der Waals surface area contributed by atoms with Gasteiger partial charge in [0, 0.05) is 18.0 Å². The van der Waals surface area contributed by atoms with Crippen LogP contribution in [0.4, 0.5) is 24.5 Å². The van der Waals surface area contributed by atoms with E-state index in [2.05, 4.69) is 62.3 Å². The molecule has 39 heavy (non-hydrogen) atoms. The number of nitrogens with one attached hydrogen (secondary N) is 1. The van der Waals surface area contributed by atoms with Gasteiger partial charge in [0.2, 0.25) is 0 Å². The second-order valence-corrected chi connectivity index (χ2v) is 10.2. The number of hydrogen-bond acceptors (Lipinski definition) is 7. The fraction of sp³-hybridized carbons (Fsp3) is 0.250. The summed E-state index contributed by atoms with van der Waals surface area (Å²) in [5, 5.41) is 11.5. The Morgan fingerprint density at radius 2 is 1.74 bits per heavy atom. The number of rotatable bonds is 6. The van der Waals surface area contributed by atoms with Crippen LogP contribution in [0, 0.1) is 13.8 Å². The van der Waals surface area contributed by atoms with Crippen molar-refractivity contribution in [2.24, 2.45) is 15.2 Å². The number of aryl methyl sites for hydroxylation is 2. The number of thioether (sulfide) groups is 1. The highest BCUT2D eigenvalue weighted by Gasteiger charge is 2.31. The molecule has 0 radical (unpaired) electrons. The minimum absolute atomic E-state index is 0.276. The quantitative estimate of drug-likeness (QED) is 0.276. The number of hydrazine groups is 1. The highest BCUT2D eigenvalue weighted by molar-refractivity contribution is 8.14. The van der Waals surface area contributed by atoms with E-state index >= 15 is 0 Å². The largest absolute Gasteiger partial charge is 0.573 e. The smallest absolute Gasteiger partial charge is 0.406 e. The van der Waals surface area contributed by atoms with E-state index in [4.69, 9.17) is 0 Å². The summed E-state index contributed by atoms with van der Waals surface area (Å²) in [4.78, 5) is 6.72. The van der Waals surface area contributed by atoms with Crippen molar-refractivity contribution in [2.45, 2.75) is 32.8 Å². The number of ether oxygens (including phenoxy) is 1. The molecule has 0 saturated carbocycles. The number of amidine groups is 1. The van der Waals surface area contributed by atoms with Crippen LogP contribution in [0.3, 0.4) is 0 Å². The molecule has 0 spiro atoms. The van der Waals surface area contributed by atoms with Crippen LogP contribution in [0.15, 0.2) is 81.9 Å². The summed E-state index contributed by atoms with van der Waals surface area (Å²) < 4.78 is 41.1. The Hall–Kier alpha value is -3.83. The van der Waals surface area contributed by atoms with Crippen LogP contribution < -0.4 is 20.1 Å². The highest BCUT2D eigenvalue weighted by atomic mass is 32.2. The number of hydrogen-bond donors (Lipinski definition) is 1. The van der Waals surface area contributed by atoms with E-state index in [1.54, 1.807) is 29.3 Å². The lowest BCUT2D eigenvalue weighted by molar-refractivity contribution is -0.274. The van der Waals surface area contributed by atoms with Gasteiger partial charge in [-0.05, 0) is 66.8 Å². The molecule has 2 aliphatic heterocycles. The zero-order valence-electron chi connectivity index (χ0n) is 21.4. The SMILES string of the molecule is Cc1cccc(C)c1N1CCCS/C1=N\N=C\c1ccc(C2N=CN(c3ccc(OC(F)(F)F)cc3)N2)cc1. The molecule has 0 bridgehead atoms. The van der Waals surface area contributed by atoms with Gasteiger partial charge in [-0.3, -0.25) is 5.01 Å². The number of anilines is 2. The molecule has 1 fully saturated rings. The van der Waals surface area contributed by atoms with E-state index < -0.39 is 6.36 Å². The summed E-state index contributed by atoms with van der Waals surface area (Å²) in [6, 6.07) is 19.7. The van der Waals surface area contributed by atoms with Gasteiger partial charge < -0.3 is 9.64 Å². The maximum Gasteiger partial charge on any atom is 0.573 e. The van der Waals surface area contributed by atoms with Gasteiger partial charge >= 0.3 is 6.36 Å². The number of benzene rings is 3. The Kier molecular flexibility index (Phi) is 7.89. The second-order valence-electron chi connectivity index (χ2n) is 9.10. The maximum absolute atomic E-state index is 12.4. The first-order chi connectivity index (χ1) is 18.8. The number of alkyl halides is 3. The minimum atomic E-state index is -4.72. The molecule has 2 heterocycles. The van der Waals surface area contributed by atoms with E-state index in [1.165, 1.54) is 41.1 Å². The predicted molar refractivity (Wildman–Crippen MR) is 152 cm³/mol. The Morgan fingerprint density at radius 3 is 2.44 bits per heavy atom. The van der Waals surface area contributed by atoms with E-state index in [1.807, 2.05) is 24.3 Å². The highest BCUT2D eigenvalue weighted by Crippen LogP contribution is 2.31. The summed E-state index contributed by atoms with van der Waals surface area (Å²) in [5.41, 5.74) is 9.32. The van der Waals surface area contributed by atoms with Crippen LogP contribution in [-0.4, -0.2) is 36.4 Å². The molecule has 0 aliphatic carbocycles. The molecule has 202 valence electrons. The monoisotopic (exact) mass is 552 g/mol. The third-order valence-electron chi connectivity index (χ3n) is 6.24. The Morgan fingerprint density at radius 1 is 1.03 bits per heavy atom. The van der Waals surface area contributed by atoms with Gasteiger partial charge in [0.15, 0.2) is 5.17 Å². The molecule has 1 atom stereocenters. The van der Waals surface area contributed by atoms with Crippen LogP contribution in [0.2, 0.25) is 0 Å². The van der Waals surface area contributed by atoms with Gasteiger partial charge in [-0.15, -0.1) is 18.3 Å². The van der Waals surface area contributed by atoms with E-state index in [0.717, 1.165) is 35.0 Å². The van der Waals surface area contributed by atoms with Crippen LogP contribution in [-0.2, 0) is 0 Å². The summed E-state index contributed by atoms with van der Waals surface area (Å²) in [6.45, 7) is 5.16. The first kappa shape index (κ1) is 26.8. The van der Waals surface area contributed by atoms with Gasteiger partial charge in [0.25, 0.3) is 0 Å². The van der Waals surface area contributed by atoms with Crippen molar-refractivity contribution in [3.63, 3.8) is 0 Å². The Balaban J connectivity index is 1.21. The molecule has 0 aromatic heterocycles. The van der Waals surface area contributed by atoms with E-state index in [-0.39, 0.29) is 11.9 Å². The van der Waals surface area contributed by atoms with Crippen molar-refractivity contribution in [1.29, 1.82) is 0 Å². The fourth-order valence-electron chi connectivity index (χ4n) is 4.43. The molecule has 11 heteroatoms. The van der Waals surface area contributed by atoms with Crippen molar-refractivity contribution < 1.29 is 17.9 Å². The summed E-state index contributed by atoms with van der Waals surface area (Å²) >= 11 is 1.72. The zero-order chi connectivity index (χ0) is 27.4. The van der Waals surface area contributed by atoms with Crippen LogP contribution in [0.25, 0.3) is 0 Å². The number of nitrogens with zero attached hydrogens (tertiary/aromatic N) is 5. The van der Waals surface area contributed by atoms with Crippen LogP contribution in [0.1, 0.15) is 34.8 Å².